The maximum Gasteiger partial charge on any atom is 0.239 e. The molecule has 0 heterocycles. The number of primary amides is 1. The fourth-order valence-corrected chi connectivity index (χ4v) is 2.50. The van der Waals surface area contributed by atoms with Crippen LogP contribution >= 0.6 is 0 Å². The van der Waals surface area contributed by atoms with Crippen molar-refractivity contribution in [3.63, 3.8) is 0 Å². The lowest BCUT2D eigenvalue weighted by atomic mass is 9.96. The van der Waals surface area contributed by atoms with Gasteiger partial charge < -0.3 is 11.1 Å². The zero-order chi connectivity index (χ0) is 16.1. The average Bonchev–Trinajstić information content (AvgIpc) is 2.53. The predicted octanol–water partition coefficient (Wildman–Crippen LogP) is 2.71. The standard InChI is InChI=1S/C18H22N2O2/c1-3-6-16(17(19)21)20-18(22)12(2)14-10-9-13-7-4-5-8-15(13)11-14/h4-5,7-12,16H,3,6H2,1-2H3,(H2,19,21)(H,20,22)/t12?,16-/m0/s1. The summed E-state index contributed by atoms with van der Waals surface area (Å²) in [6.45, 7) is 3.79. The predicted molar refractivity (Wildman–Crippen MR) is 88.4 cm³/mol. The van der Waals surface area contributed by atoms with Gasteiger partial charge >= 0.3 is 0 Å². The average molecular weight is 298 g/mol. The molecule has 22 heavy (non-hydrogen) atoms. The van der Waals surface area contributed by atoms with Gasteiger partial charge in [-0.2, -0.15) is 0 Å². The fourth-order valence-electron chi connectivity index (χ4n) is 2.50. The first-order valence-electron chi connectivity index (χ1n) is 7.61. The Kier molecular flexibility index (Phi) is 5.15. The van der Waals surface area contributed by atoms with Crippen LogP contribution in [0.15, 0.2) is 42.5 Å². The van der Waals surface area contributed by atoms with Crippen molar-refractivity contribution in [1.82, 2.24) is 5.32 Å². The normalized spacial score (nSPS) is 13.5. The molecule has 2 atom stereocenters. The van der Waals surface area contributed by atoms with Crippen LogP contribution in [0.4, 0.5) is 0 Å². The van der Waals surface area contributed by atoms with Crippen LogP contribution in [0.3, 0.4) is 0 Å². The molecule has 0 aliphatic carbocycles. The molecule has 0 saturated heterocycles. The molecule has 2 rings (SSSR count). The van der Waals surface area contributed by atoms with Gasteiger partial charge in [0.05, 0.1) is 5.92 Å². The molecule has 2 aromatic carbocycles. The Morgan fingerprint density at radius 1 is 1.14 bits per heavy atom. The van der Waals surface area contributed by atoms with E-state index in [4.69, 9.17) is 5.73 Å². The zero-order valence-corrected chi connectivity index (χ0v) is 13.0. The van der Waals surface area contributed by atoms with Crippen molar-refractivity contribution in [1.29, 1.82) is 0 Å². The first kappa shape index (κ1) is 16.0. The molecule has 1 unspecified atom stereocenters. The van der Waals surface area contributed by atoms with Crippen LogP contribution in [0.1, 0.15) is 38.2 Å². The van der Waals surface area contributed by atoms with E-state index in [-0.39, 0.29) is 11.8 Å². The molecule has 0 bridgehead atoms. The highest BCUT2D eigenvalue weighted by Crippen LogP contribution is 2.22. The third-order valence-corrected chi connectivity index (χ3v) is 3.90. The van der Waals surface area contributed by atoms with Gasteiger partial charge in [-0.1, -0.05) is 55.8 Å². The molecule has 0 spiro atoms. The summed E-state index contributed by atoms with van der Waals surface area (Å²) in [5.74, 6) is -0.989. The zero-order valence-electron chi connectivity index (χ0n) is 13.0. The third-order valence-electron chi connectivity index (χ3n) is 3.90. The summed E-state index contributed by atoms with van der Waals surface area (Å²) in [6, 6.07) is 13.4. The molecule has 4 nitrogen and oxygen atoms in total. The number of hydrogen-bond donors (Lipinski definition) is 2. The van der Waals surface area contributed by atoms with Crippen LogP contribution in [0.2, 0.25) is 0 Å². The Morgan fingerprint density at radius 3 is 2.45 bits per heavy atom. The van der Waals surface area contributed by atoms with Gasteiger partial charge in [-0.25, -0.2) is 0 Å². The highest BCUT2D eigenvalue weighted by molar-refractivity contribution is 5.91. The van der Waals surface area contributed by atoms with Crippen molar-refractivity contribution >= 4 is 22.6 Å². The molecule has 0 aromatic heterocycles. The molecule has 0 saturated carbocycles. The van der Waals surface area contributed by atoms with Gasteiger partial charge in [0.25, 0.3) is 0 Å². The van der Waals surface area contributed by atoms with E-state index < -0.39 is 11.9 Å². The summed E-state index contributed by atoms with van der Waals surface area (Å²) in [5.41, 5.74) is 6.26. The lowest BCUT2D eigenvalue weighted by molar-refractivity contribution is -0.128. The van der Waals surface area contributed by atoms with E-state index in [1.54, 1.807) is 0 Å². The summed E-state index contributed by atoms with van der Waals surface area (Å²) in [4.78, 5) is 23.7. The van der Waals surface area contributed by atoms with Crippen LogP contribution < -0.4 is 11.1 Å². The maximum atomic E-state index is 12.4. The molecule has 0 aliphatic rings. The number of nitrogens with two attached hydrogens (primary N) is 1. The van der Waals surface area contributed by atoms with Crippen LogP contribution in [0, 0.1) is 0 Å². The van der Waals surface area contributed by atoms with E-state index in [0.717, 1.165) is 22.8 Å². The minimum atomic E-state index is -0.597. The van der Waals surface area contributed by atoms with Crippen molar-refractivity contribution < 1.29 is 9.59 Å². The Hall–Kier alpha value is -2.36. The third kappa shape index (κ3) is 3.64. The number of carbonyl (C=O) groups is 2. The molecule has 3 N–H and O–H groups in total. The second-order valence-corrected chi connectivity index (χ2v) is 5.58. The number of fused-ring (bicyclic) bond motifs is 1. The minimum Gasteiger partial charge on any atom is -0.368 e. The molecule has 4 heteroatoms. The molecular formula is C18H22N2O2. The van der Waals surface area contributed by atoms with E-state index in [1.807, 2.05) is 56.3 Å². The largest absolute Gasteiger partial charge is 0.368 e. The first-order valence-corrected chi connectivity index (χ1v) is 7.61. The highest BCUT2D eigenvalue weighted by atomic mass is 16.2. The van der Waals surface area contributed by atoms with Crippen LogP contribution in [-0.2, 0) is 9.59 Å². The summed E-state index contributed by atoms with van der Waals surface area (Å²) in [5, 5.41) is 4.99. The number of carbonyl (C=O) groups excluding carboxylic acids is 2. The van der Waals surface area contributed by atoms with Gasteiger partial charge in [0.15, 0.2) is 0 Å². The number of benzene rings is 2. The van der Waals surface area contributed by atoms with Crippen LogP contribution in [0.25, 0.3) is 10.8 Å². The quantitative estimate of drug-likeness (QED) is 0.860. The highest BCUT2D eigenvalue weighted by Gasteiger charge is 2.21. The topological polar surface area (TPSA) is 72.2 Å². The van der Waals surface area contributed by atoms with E-state index in [9.17, 15) is 9.59 Å². The Bertz CT molecular complexity index is 682. The SMILES string of the molecule is CCC[C@H](NC(=O)C(C)c1ccc2ccccc2c1)C(N)=O. The smallest absolute Gasteiger partial charge is 0.239 e. The van der Waals surface area contributed by atoms with Crippen LogP contribution in [0.5, 0.6) is 0 Å². The molecule has 2 aromatic rings. The number of amides is 2. The molecular weight excluding hydrogens is 276 g/mol. The van der Waals surface area contributed by atoms with E-state index in [2.05, 4.69) is 5.32 Å². The second-order valence-electron chi connectivity index (χ2n) is 5.58. The first-order chi connectivity index (χ1) is 10.5. The molecule has 0 radical (unpaired) electrons. The Labute approximate surface area is 130 Å². The van der Waals surface area contributed by atoms with Crippen molar-refractivity contribution in [2.75, 3.05) is 0 Å². The molecule has 2 amide bonds. The maximum absolute atomic E-state index is 12.4. The van der Waals surface area contributed by atoms with Crippen molar-refractivity contribution in [3.8, 4) is 0 Å². The fraction of sp³-hybridized carbons (Fsp3) is 0.333. The van der Waals surface area contributed by atoms with Gasteiger partial charge in [-0.3, -0.25) is 9.59 Å². The molecule has 0 fully saturated rings. The summed E-state index contributed by atoms with van der Waals surface area (Å²) in [7, 11) is 0. The number of hydrogen-bond acceptors (Lipinski definition) is 2. The molecule has 116 valence electrons. The monoisotopic (exact) mass is 298 g/mol. The lowest BCUT2D eigenvalue weighted by Gasteiger charge is -2.18. The summed E-state index contributed by atoms with van der Waals surface area (Å²) < 4.78 is 0. The Morgan fingerprint density at radius 2 is 1.82 bits per heavy atom. The molecule has 0 aliphatic heterocycles. The number of nitrogens with one attached hydrogen (secondary N) is 1. The van der Waals surface area contributed by atoms with E-state index >= 15 is 0 Å². The van der Waals surface area contributed by atoms with E-state index in [1.165, 1.54) is 0 Å². The van der Waals surface area contributed by atoms with Crippen molar-refractivity contribution in [2.24, 2.45) is 5.73 Å². The van der Waals surface area contributed by atoms with Crippen molar-refractivity contribution in [3.05, 3.63) is 48.0 Å². The van der Waals surface area contributed by atoms with Crippen molar-refractivity contribution in [2.45, 2.75) is 38.6 Å². The lowest BCUT2D eigenvalue weighted by Crippen LogP contribution is -2.45. The minimum absolute atomic E-state index is 0.174. The number of rotatable bonds is 6. The van der Waals surface area contributed by atoms with Gasteiger partial charge in [0.2, 0.25) is 11.8 Å². The Balaban J connectivity index is 2.16. The second kappa shape index (κ2) is 7.07. The van der Waals surface area contributed by atoms with Gasteiger partial charge in [-0.15, -0.1) is 0 Å². The van der Waals surface area contributed by atoms with E-state index in [0.29, 0.717) is 6.42 Å². The van der Waals surface area contributed by atoms with Gasteiger partial charge in [0.1, 0.15) is 6.04 Å². The van der Waals surface area contributed by atoms with Gasteiger partial charge in [-0.05, 0) is 29.7 Å². The summed E-state index contributed by atoms with van der Waals surface area (Å²) in [6.07, 6.45) is 1.35. The summed E-state index contributed by atoms with van der Waals surface area (Å²) >= 11 is 0. The van der Waals surface area contributed by atoms with Crippen LogP contribution in [-0.4, -0.2) is 17.9 Å². The van der Waals surface area contributed by atoms with Gasteiger partial charge in [0, 0.05) is 0 Å².